The van der Waals surface area contributed by atoms with Crippen molar-refractivity contribution in [2.45, 2.75) is 18.0 Å². The molecular weight excluding hydrogens is 231 g/mol. The Balaban J connectivity index is 3.27. The molecule has 7 heteroatoms. The molecule has 0 N–H and O–H groups in total. The average molecular weight is 239 g/mol. The van der Waals surface area contributed by atoms with E-state index in [1.807, 2.05) is 0 Å². The summed E-state index contributed by atoms with van der Waals surface area (Å²) in [6.45, 7) is 1.36. The molecule has 0 aliphatic heterocycles. The zero-order valence-electron chi connectivity index (χ0n) is 7.75. The van der Waals surface area contributed by atoms with Crippen LogP contribution in [0.15, 0.2) is 23.4 Å². The zero-order chi connectivity index (χ0) is 11.7. The summed E-state index contributed by atoms with van der Waals surface area (Å²) >= 11 is 0. The van der Waals surface area contributed by atoms with Crippen LogP contribution in [0.2, 0.25) is 0 Å². The Labute approximate surface area is 84.9 Å². The molecule has 1 aromatic rings. The lowest BCUT2D eigenvalue weighted by Gasteiger charge is -2.07. The molecule has 0 unspecified atom stereocenters. The first-order chi connectivity index (χ1) is 6.77. The highest BCUT2D eigenvalue weighted by Crippen LogP contribution is 2.29. The van der Waals surface area contributed by atoms with Gasteiger partial charge in [0.05, 0.1) is 16.2 Å². The van der Waals surface area contributed by atoms with Gasteiger partial charge >= 0.3 is 6.18 Å². The highest BCUT2D eigenvalue weighted by Gasteiger charge is 2.32. The fraction of sp³-hybridized carbons (Fsp3) is 0.375. The monoisotopic (exact) mass is 239 g/mol. The summed E-state index contributed by atoms with van der Waals surface area (Å²) in [6.07, 6.45) is -3.07. The Morgan fingerprint density at radius 3 is 2.40 bits per heavy atom. The molecule has 0 aromatic carbocycles. The van der Waals surface area contributed by atoms with Crippen molar-refractivity contribution in [3.05, 3.63) is 24.0 Å². The Bertz CT molecular complexity index is 453. The molecule has 3 nitrogen and oxygen atoms in total. The number of pyridine rings is 1. The van der Waals surface area contributed by atoms with Gasteiger partial charge in [0.25, 0.3) is 0 Å². The number of aromatic nitrogens is 1. The van der Waals surface area contributed by atoms with Gasteiger partial charge in [-0.05, 0) is 6.07 Å². The number of halogens is 3. The minimum atomic E-state index is -4.58. The second-order valence-electron chi connectivity index (χ2n) is 2.81. The van der Waals surface area contributed by atoms with Crippen LogP contribution in [0.3, 0.4) is 0 Å². The van der Waals surface area contributed by atoms with E-state index in [-0.39, 0.29) is 5.75 Å². The highest BCUT2D eigenvalue weighted by molar-refractivity contribution is 7.91. The van der Waals surface area contributed by atoms with Crippen LogP contribution in [0.1, 0.15) is 12.5 Å². The van der Waals surface area contributed by atoms with E-state index in [2.05, 4.69) is 4.98 Å². The van der Waals surface area contributed by atoms with Crippen LogP contribution < -0.4 is 0 Å². The number of hydrogen-bond donors (Lipinski definition) is 0. The first kappa shape index (κ1) is 12.0. The standard InChI is InChI=1S/C8H8F3NO2S/c1-2-15(13,14)7-3-6(4-12-5-7)8(9,10)11/h3-5H,2H2,1H3. The van der Waals surface area contributed by atoms with E-state index in [0.29, 0.717) is 12.3 Å². The molecular formula is C8H8F3NO2S. The predicted molar refractivity (Wildman–Crippen MR) is 47.0 cm³/mol. The average Bonchev–Trinajstić information content (AvgIpc) is 2.17. The molecule has 0 aliphatic carbocycles. The number of hydrogen-bond acceptors (Lipinski definition) is 3. The fourth-order valence-electron chi connectivity index (χ4n) is 0.911. The van der Waals surface area contributed by atoms with Crippen molar-refractivity contribution in [1.82, 2.24) is 4.98 Å². The molecule has 0 fully saturated rings. The number of alkyl halides is 3. The SMILES string of the molecule is CCS(=O)(=O)c1cncc(C(F)(F)F)c1. The third-order valence-corrected chi connectivity index (χ3v) is 3.48. The first-order valence-corrected chi connectivity index (χ1v) is 5.67. The summed E-state index contributed by atoms with van der Waals surface area (Å²) in [5.74, 6) is -0.254. The minimum Gasteiger partial charge on any atom is -0.263 e. The minimum absolute atomic E-state index is 0.254. The van der Waals surface area contributed by atoms with Crippen LogP contribution in [-0.2, 0) is 16.0 Å². The maximum Gasteiger partial charge on any atom is 0.417 e. The van der Waals surface area contributed by atoms with Gasteiger partial charge in [0.2, 0.25) is 0 Å². The van der Waals surface area contributed by atoms with E-state index in [9.17, 15) is 21.6 Å². The Morgan fingerprint density at radius 1 is 1.33 bits per heavy atom. The highest BCUT2D eigenvalue weighted by atomic mass is 32.2. The lowest BCUT2D eigenvalue weighted by molar-refractivity contribution is -0.138. The molecule has 0 aliphatic rings. The van der Waals surface area contributed by atoms with Gasteiger partial charge in [-0.15, -0.1) is 0 Å². The Morgan fingerprint density at radius 2 is 1.93 bits per heavy atom. The second kappa shape index (κ2) is 3.80. The summed E-state index contributed by atoms with van der Waals surface area (Å²) in [7, 11) is -3.64. The van der Waals surface area contributed by atoms with Gasteiger partial charge in [0.15, 0.2) is 9.84 Å². The van der Waals surface area contributed by atoms with E-state index in [1.165, 1.54) is 6.92 Å². The van der Waals surface area contributed by atoms with Crippen molar-refractivity contribution in [3.8, 4) is 0 Å². The third-order valence-electron chi connectivity index (χ3n) is 1.78. The van der Waals surface area contributed by atoms with Gasteiger partial charge in [-0.1, -0.05) is 6.92 Å². The molecule has 0 saturated heterocycles. The fourth-order valence-corrected chi connectivity index (χ4v) is 1.77. The Hall–Kier alpha value is -1.11. The van der Waals surface area contributed by atoms with E-state index >= 15 is 0 Å². The van der Waals surface area contributed by atoms with Gasteiger partial charge in [0.1, 0.15) is 0 Å². The van der Waals surface area contributed by atoms with Crippen LogP contribution in [-0.4, -0.2) is 19.2 Å². The number of nitrogens with zero attached hydrogens (tertiary/aromatic N) is 1. The maximum absolute atomic E-state index is 12.2. The predicted octanol–water partition coefficient (Wildman–Crippen LogP) is 1.89. The van der Waals surface area contributed by atoms with Crippen LogP contribution in [0, 0.1) is 0 Å². The molecule has 0 atom stereocenters. The number of rotatable bonds is 2. The van der Waals surface area contributed by atoms with E-state index in [4.69, 9.17) is 0 Å². The van der Waals surface area contributed by atoms with Crippen molar-refractivity contribution in [3.63, 3.8) is 0 Å². The van der Waals surface area contributed by atoms with Gasteiger partial charge in [-0.25, -0.2) is 8.42 Å². The van der Waals surface area contributed by atoms with Gasteiger partial charge < -0.3 is 0 Å². The van der Waals surface area contributed by atoms with Crippen LogP contribution in [0.5, 0.6) is 0 Å². The van der Waals surface area contributed by atoms with Crippen LogP contribution in [0.4, 0.5) is 13.2 Å². The molecule has 15 heavy (non-hydrogen) atoms. The molecule has 84 valence electrons. The molecule has 0 radical (unpaired) electrons. The van der Waals surface area contributed by atoms with Crippen molar-refractivity contribution in [2.24, 2.45) is 0 Å². The first-order valence-electron chi connectivity index (χ1n) is 4.02. The van der Waals surface area contributed by atoms with Crippen molar-refractivity contribution >= 4 is 9.84 Å². The summed E-state index contributed by atoms with van der Waals surface area (Å²) in [6, 6.07) is 0.589. The largest absolute Gasteiger partial charge is 0.417 e. The third kappa shape index (κ3) is 2.68. The van der Waals surface area contributed by atoms with Crippen molar-refractivity contribution in [1.29, 1.82) is 0 Å². The molecule has 0 spiro atoms. The maximum atomic E-state index is 12.2. The second-order valence-corrected chi connectivity index (χ2v) is 5.09. The van der Waals surface area contributed by atoms with Crippen molar-refractivity contribution in [2.75, 3.05) is 5.75 Å². The number of sulfone groups is 1. The lowest BCUT2D eigenvalue weighted by Crippen LogP contribution is -2.09. The topological polar surface area (TPSA) is 47.0 Å². The molecule has 1 heterocycles. The van der Waals surface area contributed by atoms with Crippen molar-refractivity contribution < 1.29 is 21.6 Å². The van der Waals surface area contributed by atoms with Gasteiger partial charge in [0, 0.05) is 12.4 Å². The molecule has 0 saturated carbocycles. The summed E-state index contributed by atoms with van der Waals surface area (Å²) < 4.78 is 59.2. The normalized spacial score (nSPS) is 12.8. The van der Waals surface area contributed by atoms with Gasteiger partial charge in [-0.3, -0.25) is 4.98 Å². The lowest BCUT2D eigenvalue weighted by atomic mass is 10.3. The Kier molecular flexibility index (Phi) is 3.03. The van der Waals surface area contributed by atoms with Crippen LogP contribution in [0.25, 0.3) is 0 Å². The van der Waals surface area contributed by atoms with E-state index < -0.39 is 26.5 Å². The smallest absolute Gasteiger partial charge is 0.263 e. The summed E-state index contributed by atoms with van der Waals surface area (Å²) in [5.41, 5.74) is -1.06. The summed E-state index contributed by atoms with van der Waals surface area (Å²) in [5, 5.41) is 0. The summed E-state index contributed by atoms with van der Waals surface area (Å²) in [4.78, 5) is 2.86. The van der Waals surface area contributed by atoms with Crippen LogP contribution >= 0.6 is 0 Å². The molecule has 1 rings (SSSR count). The quantitative estimate of drug-likeness (QED) is 0.791. The van der Waals surface area contributed by atoms with Gasteiger partial charge in [-0.2, -0.15) is 13.2 Å². The molecule has 0 amide bonds. The zero-order valence-corrected chi connectivity index (χ0v) is 8.56. The van der Waals surface area contributed by atoms with E-state index in [1.54, 1.807) is 0 Å². The molecule has 0 bridgehead atoms. The van der Waals surface area contributed by atoms with E-state index in [0.717, 1.165) is 6.20 Å². The molecule has 1 aromatic heterocycles.